The van der Waals surface area contributed by atoms with Gasteiger partial charge < -0.3 is 20.9 Å². The maximum Gasteiger partial charge on any atom is 0.315 e. The zero-order chi connectivity index (χ0) is 19.6. The predicted molar refractivity (Wildman–Crippen MR) is 102 cm³/mol. The van der Waals surface area contributed by atoms with E-state index in [1.807, 2.05) is 51.1 Å². The second-order valence-electron chi connectivity index (χ2n) is 7.88. The first-order valence-corrected chi connectivity index (χ1v) is 9.58. The van der Waals surface area contributed by atoms with Crippen LogP contribution in [0.4, 0.5) is 4.79 Å². The van der Waals surface area contributed by atoms with Gasteiger partial charge in [-0.05, 0) is 31.2 Å². The van der Waals surface area contributed by atoms with Crippen LogP contribution < -0.4 is 16.0 Å². The third-order valence-electron chi connectivity index (χ3n) is 5.19. The highest BCUT2D eigenvalue weighted by atomic mass is 16.2. The fraction of sp³-hybridized carbons (Fsp3) is 0.550. The summed E-state index contributed by atoms with van der Waals surface area (Å²) < 4.78 is 0. The van der Waals surface area contributed by atoms with Crippen molar-refractivity contribution in [1.29, 1.82) is 0 Å². The summed E-state index contributed by atoms with van der Waals surface area (Å²) in [6.45, 7) is 6.34. The van der Waals surface area contributed by atoms with E-state index in [4.69, 9.17) is 0 Å². The van der Waals surface area contributed by atoms with Crippen LogP contribution in [0.25, 0.3) is 0 Å². The van der Waals surface area contributed by atoms with Gasteiger partial charge in [-0.15, -0.1) is 0 Å². The van der Waals surface area contributed by atoms with Gasteiger partial charge in [0.25, 0.3) is 0 Å². The van der Waals surface area contributed by atoms with Gasteiger partial charge in [0.2, 0.25) is 11.8 Å². The van der Waals surface area contributed by atoms with Crippen LogP contribution in [0.5, 0.6) is 0 Å². The molecule has 7 nitrogen and oxygen atoms in total. The summed E-state index contributed by atoms with van der Waals surface area (Å²) in [5.41, 5.74) is 1.02. The van der Waals surface area contributed by atoms with Crippen molar-refractivity contribution >= 4 is 17.8 Å². The molecule has 2 aliphatic rings. The first-order valence-electron chi connectivity index (χ1n) is 9.58. The molecular formula is C20H28N4O3. The van der Waals surface area contributed by atoms with Crippen molar-refractivity contribution < 1.29 is 14.4 Å². The number of benzene rings is 1. The largest absolute Gasteiger partial charge is 0.342 e. The second kappa shape index (κ2) is 7.98. The molecule has 7 heteroatoms. The van der Waals surface area contributed by atoms with Gasteiger partial charge in [0.1, 0.15) is 12.1 Å². The lowest BCUT2D eigenvalue weighted by atomic mass is 9.99. The molecular weight excluding hydrogens is 344 g/mol. The van der Waals surface area contributed by atoms with Crippen LogP contribution >= 0.6 is 0 Å². The van der Waals surface area contributed by atoms with Crippen molar-refractivity contribution in [2.75, 3.05) is 6.54 Å². The molecule has 1 aromatic carbocycles. The molecule has 4 amide bonds. The first kappa shape index (κ1) is 19.2. The second-order valence-corrected chi connectivity index (χ2v) is 7.88. The molecule has 0 aliphatic carbocycles. The van der Waals surface area contributed by atoms with Crippen LogP contribution in [0.1, 0.15) is 45.2 Å². The molecule has 4 atom stereocenters. The molecule has 3 rings (SSSR count). The van der Waals surface area contributed by atoms with E-state index in [0.29, 0.717) is 25.3 Å². The van der Waals surface area contributed by atoms with Gasteiger partial charge in [0.05, 0.1) is 12.1 Å². The van der Waals surface area contributed by atoms with Crippen molar-refractivity contribution in [3.05, 3.63) is 35.9 Å². The minimum atomic E-state index is -0.488. The smallest absolute Gasteiger partial charge is 0.315 e. The number of nitrogens with one attached hydrogen (secondary N) is 3. The topological polar surface area (TPSA) is 90.5 Å². The standard InChI is InChI=1S/C20H28N4O3/c1-12(2)9-16-19(26)24-11-15(10-17(24)18(25)23-16)22-20(27)21-13(3)14-7-5-4-6-8-14/h4-8,12-13,15-17H,9-11H2,1-3H3,(H,23,25)(H2,21,22,27)/t13-,15-,16-,17-/m0/s1. The van der Waals surface area contributed by atoms with E-state index in [1.54, 1.807) is 4.90 Å². The summed E-state index contributed by atoms with van der Waals surface area (Å²) in [5.74, 6) is 0.149. The Morgan fingerprint density at radius 1 is 1.22 bits per heavy atom. The van der Waals surface area contributed by atoms with Crippen molar-refractivity contribution in [2.45, 2.75) is 57.8 Å². The van der Waals surface area contributed by atoms with Gasteiger partial charge >= 0.3 is 6.03 Å². The first-order chi connectivity index (χ1) is 12.8. The number of hydrogen-bond acceptors (Lipinski definition) is 3. The molecule has 2 aliphatic heterocycles. The fourth-order valence-corrected chi connectivity index (χ4v) is 3.84. The maximum atomic E-state index is 12.7. The van der Waals surface area contributed by atoms with Crippen LogP contribution in [0.3, 0.4) is 0 Å². The predicted octanol–water partition coefficient (Wildman–Crippen LogP) is 1.56. The molecule has 3 N–H and O–H groups in total. The highest BCUT2D eigenvalue weighted by Crippen LogP contribution is 2.24. The number of rotatable bonds is 5. The van der Waals surface area contributed by atoms with Crippen molar-refractivity contribution in [1.82, 2.24) is 20.9 Å². The molecule has 0 aromatic heterocycles. The molecule has 146 valence electrons. The normalized spacial score (nSPS) is 25.8. The fourth-order valence-electron chi connectivity index (χ4n) is 3.84. The monoisotopic (exact) mass is 372 g/mol. The summed E-state index contributed by atoms with van der Waals surface area (Å²) >= 11 is 0. The van der Waals surface area contributed by atoms with Crippen LogP contribution in [0, 0.1) is 5.92 Å². The summed E-state index contributed by atoms with van der Waals surface area (Å²) in [5, 5.41) is 8.65. The molecule has 0 unspecified atom stereocenters. The van der Waals surface area contributed by atoms with Crippen molar-refractivity contribution in [2.24, 2.45) is 5.92 Å². The number of amides is 4. The van der Waals surface area contributed by atoms with Crippen molar-refractivity contribution in [3.8, 4) is 0 Å². The summed E-state index contributed by atoms with van der Waals surface area (Å²) in [6, 6.07) is 8.11. The van der Waals surface area contributed by atoms with E-state index in [1.165, 1.54) is 0 Å². The Bertz CT molecular complexity index is 706. The third-order valence-corrected chi connectivity index (χ3v) is 5.19. The molecule has 2 saturated heterocycles. The van der Waals surface area contributed by atoms with E-state index in [2.05, 4.69) is 16.0 Å². The Morgan fingerprint density at radius 3 is 2.59 bits per heavy atom. The molecule has 0 saturated carbocycles. The van der Waals surface area contributed by atoms with E-state index < -0.39 is 12.1 Å². The highest BCUT2D eigenvalue weighted by Gasteiger charge is 2.46. The molecule has 2 fully saturated rings. The average molecular weight is 372 g/mol. The summed E-state index contributed by atoms with van der Waals surface area (Å²) in [6.07, 6.45) is 1.07. The minimum absolute atomic E-state index is 0.0457. The van der Waals surface area contributed by atoms with Gasteiger partial charge in [-0.2, -0.15) is 0 Å². The zero-order valence-electron chi connectivity index (χ0n) is 16.1. The number of nitrogens with zero attached hydrogens (tertiary/aromatic N) is 1. The van der Waals surface area contributed by atoms with Gasteiger partial charge in [-0.3, -0.25) is 9.59 Å². The zero-order valence-corrected chi connectivity index (χ0v) is 16.1. The lowest BCUT2D eigenvalue weighted by Gasteiger charge is -2.35. The minimum Gasteiger partial charge on any atom is -0.342 e. The number of fused-ring (bicyclic) bond motifs is 1. The van der Waals surface area contributed by atoms with Gasteiger partial charge in [0.15, 0.2) is 0 Å². The number of carbonyl (C=O) groups is 3. The van der Waals surface area contributed by atoms with E-state index >= 15 is 0 Å². The Balaban J connectivity index is 1.56. The van der Waals surface area contributed by atoms with Crippen LogP contribution in [0.2, 0.25) is 0 Å². The summed E-state index contributed by atoms with van der Waals surface area (Å²) in [7, 11) is 0. The number of hydrogen-bond donors (Lipinski definition) is 3. The third kappa shape index (κ3) is 4.40. The van der Waals surface area contributed by atoms with E-state index in [-0.39, 0.29) is 29.9 Å². The quantitative estimate of drug-likeness (QED) is 0.733. The Labute approximate surface area is 159 Å². The molecule has 0 spiro atoms. The molecule has 27 heavy (non-hydrogen) atoms. The van der Waals surface area contributed by atoms with Gasteiger partial charge in [0, 0.05) is 6.54 Å². The number of piperazine rings is 1. The maximum absolute atomic E-state index is 12.7. The van der Waals surface area contributed by atoms with Crippen LogP contribution in [-0.2, 0) is 9.59 Å². The van der Waals surface area contributed by atoms with Crippen LogP contribution in [0.15, 0.2) is 30.3 Å². The lowest BCUT2D eigenvalue weighted by Crippen LogP contribution is -2.61. The van der Waals surface area contributed by atoms with Gasteiger partial charge in [-0.1, -0.05) is 44.2 Å². The number of carbonyl (C=O) groups excluding carboxylic acids is 3. The molecule has 0 radical (unpaired) electrons. The Hall–Kier alpha value is -2.57. The van der Waals surface area contributed by atoms with Crippen molar-refractivity contribution in [3.63, 3.8) is 0 Å². The summed E-state index contributed by atoms with van der Waals surface area (Å²) in [4.78, 5) is 39.0. The lowest BCUT2D eigenvalue weighted by molar-refractivity contribution is -0.147. The SMILES string of the molecule is CC(C)C[C@@H]1NC(=O)[C@@H]2C[C@H](NC(=O)N[C@@H](C)c3ccccc3)CN2C1=O. The van der Waals surface area contributed by atoms with E-state index in [0.717, 1.165) is 5.56 Å². The number of urea groups is 1. The molecule has 1 aromatic rings. The van der Waals surface area contributed by atoms with E-state index in [9.17, 15) is 14.4 Å². The molecule has 0 bridgehead atoms. The highest BCUT2D eigenvalue weighted by molar-refractivity contribution is 5.97. The Morgan fingerprint density at radius 2 is 1.93 bits per heavy atom. The van der Waals surface area contributed by atoms with Crippen LogP contribution in [-0.4, -0.2) is 47.4 Å². The molecule has 2 heterocycles. The average Bonchev–Trinajstić information content (AvgIpc) is 3.04. The van der Waals surface area contributed by atoms with Gasteiger partial charge in [-0.25, -0.2) is 4.79 Å². The Kier molecular flexibility index (Phi) is 5.68.